The number of anilines is 2. The molecule has 0 radical (unpaired) electrons. The van der Waals surface area contributed by atoms with Crippen molar-refractivity contribution in [3.63, 3.8) is 0 Å². The summed E-state index contributed by atoms with van der Waals surface area (Å²) in [7, 11) is 1.32. The van der Waals surface area contributed by atoms with E-state index in [0.717, 1.165) is 10.4 Å². The topological polar surface area (TPSA) is 111 Å². The maximum atomic E-state index is 12.2. The first-order valence-corrected chi connectivity index (χ1v) is 9.88. The molecule has 1 amide bonds. The van der Waals surface area contributed by atoms with E-state index in [1.807, 2.05) is 37.3 Å². The molecular formula is C19H19N5O3S2. The van der Waals surface area contributed by atoms with Gasteiger partial charge >= 0.3 is 5.97 Å². The number of primary amides is 1. The fourth-order valence-corrected chi connectivity index (χ4v) is 3.94. The van der Waals surface area contributed by atoms with Gasteiger partial charge in [-0.05, 0) is 30.8 Å². The van der Waals surface area contributed by atoms with Crippen LogP contribution in [0.1, 0.15) is 27.8 Å². The molecule has 0 aliphatic rings. The van der Waals surface area contributed by atoms with E-state index < -0.39 is 11.9 Å². The number of thiophene rings is 1. The summed E-state index contributed by atoms with van der Waals surface area (Å²) < 4.78 is 6.46. The Morgan fingerprint density at radius 2 is 2.00 bits per heavy atom. The average Bonchev–Trinajstić information content (AvgIpc) is 3.32. The highest BCUT2D eigenvalue weighted by Gasteiger charge is 2.20. The van der Waals surface area contributed by atoms with Gasteiger partial charge in [-0.1, -0.05) is 30.3 Å². The van der Waals surface area contributed by atoms with Crippen molar-refractivity contribution >= 4 is 51.2 Å². The quantitative estimate of drug-likeness (QED) is 0.407. The van der Waals surface area contributed by atoms with Gasteiger partial charge in [-0.3, -0.25) is 9.48 Å². The second kappa shape index (κ2) is 8.84. The molecule has 0 spiro atoms. The first-order chi connectivity index (χ1) is 13.9. The number of hydrogen-bond acceptors (Lipinski definition) is 6. The van der Waals surface area contributed by atoms with Crippen LogP contribution in [-0.2, 0) is 11.3 Å². The van der Waals surface area contributed by atoms with Crippen molar-refractivity contribution in [2.45, 2.75) is 13.5 Å². The molecule has 8 nitrogen and oxygen atoms in total. The maximum Gasteiger partial charge on any atom is 0.340 e. The minimum Gasteiger partial charge on any atom is -0.465 e. The van der Waals surface area contributed by atoms with Crippen molar-refractivity contribution in [1.82, 2.24) is 9.78 Å². The number of benzene rings is 1. The van der Waals surface area contributed by atoms with Crippen LogP contribution in [0, 0.1) is 0 Å². The monoisotopic (exact) mass is 429 g/mol. The molecule has 2 aromatic heterocycles. The molecule has 2 heterocycles. The lowest BCUT2D eigenvalue weighted by molar-refractivity contribution is 0.0602. The predicted octanol–water partition coefficient (Wildman–Crippen LogP) is 3.33. The number of nitrogens with one attached hydrogen (secondary N) is 2. The zero-order valence-corrected chi connectivity index (χ0v) is 17.4. The van der Waals surface area contributed by atoms with Crippen LogP contribution in [0.4, 0.5) is 10.7 Å². The summed E-state index contributed by atoms with van der Waals surface area (Å²) in [6.45, 7) is 2.46. The highest BCUT2D eigenvalue weighted by Crippen LogP contribution is 2.36. The lowest BCUT2D eigenvalue weighted by Crippen LogP contribution is -2.22. The number of thiocarbonyl (C=S) groups is 1. The first kappa shape index (κ1) is 20.5. The zero-order chi connectivity index (χ0) is 21.0. The predicted molar refractivity (Wildman–Crippen MR) is 117 cm³/mol. The van der Waals surface area contributed by atoms with Crippen LogP contribution in [-0.4, -0.2) is 33.9 Å². The van der Waals surface area contributed by atoms with Crippen LogP contribution in [0.5, 0.6) is 0 Å². The van der Waals surface area contributed by atoms with Gasteiger partial charge in [0.2, 0.25) is 0 Å². The van der Waals surface area contributed by atoms with Gasteiger partial charge in [-0.15, -0.1) is 11.3 Å². The molecule has 150 valence electrons. The summed E-state index contributed by atoms with van der Waals surface area (Å²) in [5.74, 6) is -1.15. The Hall–Kier alpha value is -3.24. The van der Waals surface area contributed by atoms with Crippen molar-refractivity contribution in [3.05, 3.63) is 53.9 Å². The molecule has 0 aliphatic carbocycles. The molecule has 0 saturated carbocycles. The molecule has 0 saturated heterocycles. The minimum absolute atomic E-state index is 0.0837. The number of carbonyl (C=O) groups is 2. The number of carbonyl (C=O) groups excluding carboxylic acids is 2. The number of nitrogens with zero attached hydrogens (tertiary/aromatic N) is 2. The van der Waals surface area contributed by atoms with E-state index in [1.165, 1.54) is 18.4 Å². The van der Waals surface area contributed by atoms with Gasteiger partial charge in [0.15, 0.2) is 10.8 Å². The third kappa shape index (κ3) is 4.61. The highest BCUT2D eigenvalue weighted by molar-refractivity contribution is 7.80. The third-order valence-electron chi connectivity index (χ3n) is 3.99. The van der Waals surface area contributed by atoms with E-state index in [4.69, 9.17) is 22.7 Å². The number of ether oxygens (including phenoxy) is 1. The second-order valence-corrected chi connectivity index (χ2v) is 7.36. The number of methoxy groups -OCH3 is 1. The molecule has 0 bridgehead atoms. The van der Waals surface area contributed by atoms with Crippen LogP contribution in [0.15, 0.2) is 42.6 Å². The molecule has 0 atom stereocenters. The van der Waals surface area contributed by atoms with E-state index >= 15 is 0 Å². The number of esters is 1. The molecule has 3 rings (SSSR count). The van der Waals surface area contributed by atoms with Crippen molar-refractivity contribution in [1.29, 1.82) is 0 Å². The summed E-state index contributed by atoms with van der Waals surface area (Å²) in [5, 5.41) is 10.8. The molecule has 3 aromatic rings. The molecule has 0 fully saturated rings. The number of hydrogen-bond donors (Lipinski definition) is 3. The number of rotatable bonds is 6. The molecule has 29 heavy (non-hydrogen) atoms. The van der Waals surface area contributed by atoms with E-state index in [2.05, 4.69) is 15.7 Å². The smallest absolute Gasteiger partial charge is 0.340 e. The molecular weight excluding hydrogens is 410 g/mol. The Balaban J connectivity index is 1.86. The lowest BCUT2D eigenvalue weighted by atomic mass is 10.1. The summed E-state index contributed by atoms with van der Waals surface area (Å²) in [4.78, 5) is 24.7. The Morgan fingerprint density at radius 3 is 2.62 bits per heavy atom. The van der Waals surface area contributed by atoms with Crippen LogP contribution in [0.3, 0.4) is 0 Å². The van der Waals surface area contributed by atoms with Crippen molar-refractivity contribution < 1.29 is 14.3 Å². The van der Waals surface area contributed by atoms with Gasteiger partial charge in [0, 0.05) is 17.6 Å². The Labute approximate surface area is 176 Å². The Bertz CT molecular complexity index is 1060. The van der Waals surface area contributed by atoms with E-state index in [-0.39, 0.29) is 10.8 Å². The second-order valence-electron chi connectivity index (χ2n) is 5.90. The number of aromatic nitrogens is 2. The fourth-order valence-electron chi connectivity index (χ4n) is 2.60. The van der Waals surface area contributed by atoms with E-state index in [9.17, 15) is 9.59 Å². The summed E-state index contributed by atoms with van der Waals surface area (Å²) >= 11 is 6.72. The first-order valence-electron chi connectivity index (χ1n) is 8.65. The Kier molecular flexibility index (Phi) is 6.25. The number of amides is 1. The molecule has 0 aliphatic heterocycles. The summed E-state index contributed by atoms with van der Waals surface area (Å²) in [6.07, 6.45) is 1.64. The lowest BCUT2D eigenvalue weighted by Gasteiger charge is -2.09. The normalized spacial score (nSPS) is 10.4. The van der Waals surface area contributed by atoms with E-state index in [1.54, 1.807) is 16.9 Å². The van der Waals surface area contributed by atoms with Gasteiger partial charge in [0.05, 0.1) is 18.4 Å². The Morgan fingerprint density at radius 1 is 1.28 bits per heavy atom. The SMILES string of the molecule is CCn1cc(NC(=S)Nc2sc(-c3ccccc3)cc2C(=O)OC)c(C(N)=O)n1. The molecule has 0 unspecified atom stereocenters. The standard InChI is InChI=1S/C19H19N5O3S2/c1-3-24-10-13(15(23-24)16(20)25)21-19(28)22-17-12(18(26)27-2)9-14(29-17)11-7-5-4-6-8-11/h4-10H,3H2,1-2H3,(H2,20,25)(H2,21,22,28). The summed E-state index contributed by atoms with van der Waals surface area (Å²) in [6, 6.07) is 11.4. The van der Waals surface area contributed by atoms with Crippen LogP contribution in [0.25, 0.3) is 10.4 Å². The minimum atomic E-state index is -0.666. The van der Waals surface area contributed by atoms with Crippen molar-refractivity contribution in [2.75, 3.05) is 17.7 Å². The van der Waals surface area contributed by atoms with Gasteiger partial charge in [-0.2, -0.15) is 5.10 Å². The molecule has 10 heteroatoms. The highest BCUT2D eigenvalue weighted by atomic mass is 32.1. The summed E-state index contributed by atoms with van der Waals surface area (Å²) in [5.41, 5.74) is 7.18. The van der Waals surface area contributed by atoms with Crippen LogP contribution in [0.2, 0.25) is 0 Å². The van der Waals surface area contributed by atoms with Gasteiger partial charge in [-0.25, -0.2) is 4.79 Å². The average molecular weight is 430 g/mol. The number of nitrogens with two attached hydrogens (primary N) is 1. The zero-order valence-electron chi connectivity index (χ0n) is 15.8. The molecule has 4 N–H and O–H groups in total. The largest absolute Gasteiger partial charge is 0.465 e. The van der Waals surface area contributed by atoms with Gasteiger partial charge in [0.25, 0.3) is 5.91 Å². The number of aryl methyl sites for hydroxylation is 1. The maximum absolute atomic E-state index is 12.2. The van der Waals surface area contributed by atoms with E-state index in [0.29, 0.717) is 22.8 Å². The third-order valence-corrected chi connectivity index (χ3v) is 5.29. The van der Waals surface area contributed by atoms with Gasteiger partial charge < -0.3 is 21.1 Å². The molecule has 1 aromatic carbocycles. The van der Waals surface area contributed by atoms with Crippen LogP contribution < -0.4 is 16.4 Å². The fraction of sp³-hybridized carbons (Fsp3) is 0.158. The van der Waals surface area contributed by atoms with Gasteiger partial charge in [0.1, 0.15) is 5.00 Å². The van der Waals surface area contributed by atoms with Crippen LogP contribution >= 0.6 is 23.6 Å². The van der Waals surface area contributed by atoms with Crippen molar-refractivity contribution in [2.24, 2.45) is 5.73 Å². The van der Waals surface area contributed by atoms with Crippen molar-refractivity contribution in [3.8, 4) is 10.4 Å².